The molecule has 9 heteroatoms. The fraction of sp³-hybridized carbons (Fsp3) is 0.407. The molecule has 0 saturated heterocycles. The molecular formula is C27H34N4O5. The van der Waals surface area contributed by atoms with E-state index in [1.54, 1.807) is 46.8 Å². The summed E-state index contributed by atoms with van der Waals surface area (Å²) in [5, 5.41) is 25.0. The van der Waals surface area contributed by atoms with Gasteiger partial charge in [0, 0.05) is 6.54 Å². The van der Waals surface area contributed by atoms with Gasteiger partial charge >= 0.3 is 6.09 Å². The number of amides is 3. The van der Waals surface area contributed by atoms with Gasteiger partial charge in [0.15, 0.2) is 0 Å². The number of rotatable bonds is 9. The molecule has 2 aromatic rings. The molecule has 2 unspecified atom stereocenters. The van der Waals surface area contributed by atoms with E-state index in [1.165, 1.54) is 12.1 Å². The smallest absolute Gasteiger partial charge is 0.408 e. The number of benzene rings is 2. The van der Waals surface area contributed by atoms with Crippen LogP contribution in [-0.4, -0.2) is 46.1 Å². The molecule has 36 heavy (non-hydrogen) atoms. The number of aromatic hydroxyl groups is 1. The van der Waals surface area contributed by atoms with Crippen molar-refractivity contribution < 1.29 is 24.2 Å². The zero-order valence-electron chi connectivity index (χ0n) is 21.3. The Morgan fingerprint density at radius 3 is 2.31 bits per heavy atom. The van der Waals surface area contributed by atoms with Crippen molar-refractivity contribution in [3.05, 3.63) is 65.7 Å². The second-order valence-electron chi connectivity index (χ2n) is 9.69. The summed E-state index contributed by atoms with van der Waals surface area (Å²) >= 11 is 0. The molecule has 192 valence electrons. The third-order valence-electron chi connectivity index (χ3n) is 5.18. The van der Waals surface area contributed by atoms with Crippen LogP contribution < -0.4 is 10.6 Å². The summed E-state index contributed by atoms with van der Waals surface area (Å²) in [7, 11) is 0. The molecule has 0 aromatic heterocycles. The number of alkyl carbamates (subject to hydrolysis) is 1. The molecule has 2 aromatic carbocycles. The number of nitriles is 1. The average Bonchev–Trinajstić information content (AvgIpc) is 2.80. The monoisotopic (exact) mass is 494 g/mol. The minimum absolute atomic E-state index is 0.0926. The lowest BCUT2D eigenvalue weighted by Crippen LogP contribution is -2.55. The quantitative estimate of drug-likeness (QED) is 0.456. The first kappa shape index (κ1) is 28.2. The molecule has 9 nitrogen and oxygen atoms in total. The van der Waals surface area contributed by atoms with E-state index >= 15 is 0 Å². The second kappa shape index (κ2) is 12.6. The van der Waals surface area contributed by atoms with Crippen LogP contribution in [0.1, 0.15) is 51.8 Å². The maximum absolute atomic E-state index is 13.7. The number of phenols is 1. The van der Waals surface area contributed by atoms with Gasteiger partial charge in [0.2, 0.25) is 11.8 Å². The lowest BCUT2D eigenvalue weighted by atomic mass is 9.98. The highest BCUT2D eigenvalue weighted by molar-refractivity contribution is 5.92. The molecule has 0 saturated carbocycles. The SMILES string of the molecule is CC(C)C(NC(=O)OC(C)(C)C)C(=O)N(CC#N)C(C(=O)NCc1ccccc1)c1cccc(O)c1. The van der Waals surface area contributed by atoms with Crippen LogP contribution in [0.3, 0.4) is 0 Å². The molecule has 0 fully saturated rings. The van der Waals surface area contributed by atoms with Gasteiger partial charge in [-0.15, -0.1) is 0 Å². The van der Waals surface area contributed by atoms with Crippen molar-refractivity contribution in [2.24, 2.45) is 5.92 Å². The van der Waals surface area contributed by atoms with Crippen LogP contribution in [0.25, 0.3) is 0 Å². The molecule has 0 aliphatic heterocycles. The topological polar surface area (TPSA) is 132 Å². The minimum atomic E-state index is -1.23. The van der Waals surface area contributed by atoms with E-state index in [0.717, 1.165) is 10.5 Å². The largest absolute Gasteiger partial charge is 0.508 e. The van der Waals surface area contributed by atoms with E-state index in [-0.39, 0.29) is 18.2 Å². The van der Waals surface area contributed by atoms with E-state index in [0.29, 0.717) is 5.56 Å². The standard InChI is InChI=1S/C27H34N4O5/c1-18(2)22(30-26(35)36-27(3,4)5)25(34)31(15-14-28)23(20-12-9-13-21(32)16-20)24(33)29-17-19-10-7-6-8-11-19/h6-13,16,18,22-23,32H,15,17H2,1-5H3,(H,29,33)(H,30,35). The van der Waals surface area contributed by atoms with Gasteiger partial charge in [0.25, 0.3) is 0 Å². The van der Waals surface area contributed by atoms with Gasteiger partial charge in [-0.25, -0.2) is 4.79 Å². The van der Waals surface area contributed by atoms with Crippen molar-refractivity contribution in [3.63, 3.8) is 0 Å². The maximum atomic E-state index is 13.7. The van der Waals surface area contributed by atoms with Crippen molar-refractivity contribution in [1.29, 1.82) is 5.26 Å². The fourth-order valence-electron chi connectivity index (χ4n) is 3.55. The Morgan fingerprint density at radius 1 is 1.08 bits per heavy atom. The summed E-state index contributed by atoms with van der Waals surface area (Å²) < 4.78 is 5.31. The van der Waals surface area contributed by atoms with E-state index < -0.39 is 42.1 Å². The Balaban J connectivity index is 2.42. The molecule has 2 rings (SSSR count). The van der Waals surface area contributed by atoms with Crippen LogP contribution in [0.4, 0.5) is 4.79 Å². The maximum Gasteiger partial charge on any atom is 0.408 e. The highest BCUT2D eigenvalue weighted by Gasteiger charge is 2.37. The van der Waals surface area contributed by atoms with Gasteiger partial charge in [-0.2, -0.15) is 5.26 Å². The Bertz CT molecular complexity index is 1090. The molecule has 0 bridgehead atoms. The zero-order chi connectivity index (χ0) is 26.9. The first-order valence-electron chi connectivity index (χ1n) is 11.7. The normalized spacial score (nSPS) is 12.7. The zero-order valence-corrected chi connectivity index (χ0v) is 21.3. The molecule has 0 heterocycles. The van der Waals surface area contributed by atoms with Crippen LogP contribution in [-0.2, 0) is 20.9 Å². The number of ether oxygens (including phenoxy) is 1. The van der Waals surface area contributed by atoms with Crippen LogP contribution in [0.5, 0.6) is 5.75 Å². The summed E-state index contributed by atoms with van der Waals surface area (Å²) in [5.74, 6) is -1.62. The number of hydrogen-bond donors (Lipinski definition) is 3. The number of nitrogens with one attached hydrogen (secondary N) is 2. The number of hydrogen-bond acceptors (Lipinski definition) is 6. The second-order valence-corrected chi connectivity index (χ2v) is 9.69. The van der Waals surface area contributed by atoms with Crippen LogP contribution in [0.2, 0.25) is 0 Å². The van der Waals surface area contributed by atoms with Crippen LogP contribution in [0, 0.1) is 17.2 Å². The molecule has 0 aliphatic rings. The summed E-state index contributed by atoms with van der Waals surface area (Å²) in [4.78, 5) is 40.7. The third kappa shape index (κ3) is 8.31. The first-order chi connectivity index (χ1) is 16.9. The Kier molecular flexibility index (Phi) is 9.85. The summed E-state index contributed by atoms with van der Waals surface area (Å²) in [6, 6.07) is 14.9. The van der Waals surface area contributed by atoms with Gasteiger partial charge < -0.3 is 25.4 Å². The Hall–Kier alpha value is -4.06. The van der Waals surface area contributed by atoms with Crippen LogP contribution >= 0.6 is 0 Å². The van der Waals surface area contributed by atoms with Crippen molar-refractivity contribution in [2.45, 2.75) is 58.8 Å². The van der Waals surface area contributed by atoms with Crippen molar-refractivity contribution in [1.82, 2.24) is 15.5 Å². The van der Waals surface area contributed by atoms with Gasteiger partial charge in [0.1, 0.15) is 30.0 Å². The van der Waals surface area contributed by atoms with Gasteiger partial charge in [-0.05, 0) is 49.9 Å². The lowest BCUT2D eigenvalue weighted by Gasteiger charge is -2.34. The molecule has 0 aliphatic carbocycles. The molecule has 3 N–H and O–H groups in total. The summed E-state index contributed by atoms with van der Waals surface area (Å²) in [6.07, 6.45) is -0.783. The summed E-state index contributed by atoms with van der Waals surface area (Å²) in [6.45, 7) is 8.37. The van der Waals surface area contributed by atoms with Gasteiger partial charge in [0.05, 0.1) is 6.07 Å². The number of carbonyl (C=O) groups excluding carboxylic acids is 3. The van der Waals surface area contributed by atoms with Crippen molar-refractivity contribution in [2.75, 3.05) is 6.54 Å². The predicted molar refractivity (Wildman–Crippen MR) is 134 cm³/mol. The Labute approximate surface area is 212 Å². The fourth-order valence-corrected chi connectivity index (χ4v) is 3.55. The molecule has 0 spiro atoms. The number of nitrogens with zero attached hydrogens (tertiary/aromatic N) is 2. The number of phenolic OH excluding ortho intramolecular Hbond substituents is 1. The van der Waals surface area contributed by atoms with Gasteiger partial charge in [-0.3, -0.25) is 9.59 Å². The highest BCUT2D eigenvalue weighted by Crippen LogP contribution is 2.26. The van der Waals surface area contributed by atoms with Crippen LogP contribution in [0.15, 0.2) is 54.6 Å². The van der Waals surface area contributed by atoms with Crippen molar-refractivity contribution in [3.8, 4) is 11.8 Å². The van der Waals surface area contributed by atoms with Crippen molar-refractivity contribution >= 4 is 17.9 Å². The minimum Gasteiger partial charge on any atom is -0.508 e. The van der Waals surface area contributed by atoms with E-state index in [4.69, 9.17) is 4.74 Å². The highest BCUT2D eigenvalue weighted by atomic mass is 16.6. The molecular weight excluding hydrogens is 460 g/mol. The van der Waals surface area contributed by atoms with E-state index in [1.807, 2.05) is 36.4 Å². The summed E-state index contributed by atoms with van der Waals surface area (Å²) in [5.41, 5.74) is 0.400. The predicted octanol–water partition coefficient (Wildman–Crippen LogP) is 3.65. The lowest BCUT2D eigenvalue weighted by molar-refractivity contribution is -0.142. The molecule has 2 atom stereocenters. The Morgan fingerprint density at radius 2 is 1.75 bits per heavy atom. The first-order valence-corrected chi connectivity index (χ1v) is 11.7. The average molecular weight is 495 g/mol. The molecule has 3 amide bonds. The van der Waals surface area contributed by atoms with E-state index in [2.05, 4.69) is 10.6 Å². The third-order valence-corrected chi connectivity index (χ3v) is 5.18. The van der Waals surface area contributed by atoms with E-state index in [9.17, 15) is 24.8 Å². The number of carbonyl (C=O) groups is 3. The van der Waals surface area contributed by atoms with Gasteiger partial charge in [-0.1, -0.05) is 56.3 Å². The molecule has 0 radical (unpaired) electrons.